The number of likely N-dealkylation sites (N-methyl/N-ethyl adjacent to an activating group) is 1. The predicted molar refractivity (Wildman–Crippen MR) is 142 cm³/mol. The fraction of sp³-hybridized carbons (Fsp3) is 0.346. The summed E-state index contributed by atoms with van der Waals surface area (Å²) in [7, 11) is 0. The van der Waals surface area contributed by atoms with Crippen LogP contribution in [0.25, 0.3) is 6.08 Å². The smallest absolute Gasteiger partial charge is 0.338 e. The SMILES string of the molecule is CCOC(=O)c1cccc(N=C2SC(=Cc3cc([N+](=O)[O-])ccc3N3CCCCC3)C(=O)N2CC)c1. The Bertz CT molecular complexity index is 1240. The number of benzene rings is 2. The van der Waals surface area contributed by atoms with Gasteiger partial charge >= 0.3 is 5.97 Å². The molecule has 2 aromatic rings. The Kier molecular flexibility index (Phi) is 8.04. The lowest BCUT2D eigenvalue weighted by Gasteiger charge is -2.30. The largest absolute Gasteiger partial charge is 0.462 e. The lowest BCUT2D eigenvalue weighted by atomic mass is 10.1. The monoisotopic (exact) mass is 508 g/mol. The standard InChI is InChI=1S/C26H28N4O5S/c1-3-29-24(31)23(36-26(29)27-20-10-8-9-18(15-20)25(32)35-4-2)17-19-16-21(30(33)34)11-12-22(19)28-13-6-5-7-14-28/h8-12,15-17H,3-7,13-14H2,1-2H3. The summed E-state index contributed by atoms with van der Waals surface area (Å²) in [6.07, 6.45) is 5.01. The van der Waals surface area contributed by atoms with Crippen LogP contribution in [0.2, 0.25) is 0 Å². The highest BCUT2D eigenvalue weighted by Crippen LogP contribution is 2.37. The first-order valence-electron chi connectivity index (χ1n) is 12.0. The van der Waals surface area contributed by atoms with E-state index in [2.05, 4.69) is 9.89 Å². The third-order valence-electron chi connectivity index (χ3n) is 5.99. The Morgan fingerprint density at radius 3 is 2.64 bits per heavy atom. The number of amides is 1. The van der Waals surface area contributed by atoms with Gasteiger partial charge in [-0.3, -0.25) is 19.8 Å². The Balaban J connectivity index is 1.69. The zero-order valence-corrected chi connectivity index (χ0v) is 21.1. The number of thioether (sulfide) groups is 1. The highest BCUT2D eigenvalue weighted by atomic mass is 32.2. The van der Waals surface area contributed by atoms with Gasteiger partial charge in [-0.2, -0.15) is 0 Å². The minimum atomic E-state index is -0.432. The van der Waals surface area contributed by atoms with Gasteiger partial charge in [0.1, 0.15) is 0 Å². The summed E-state index contributed by atoms with van der Waals surface area (Å²) in [5.74, 6) is -0.641. The molecule has 0 atom stereocenters. The van der Waals surface area contributed by atoms with Crippen LogP contribution in [0.4, 0.5) is 17.1 Å². The third-order valence-corrected chi connectivity index (χ3v) is 7.00. The number of piperidine rings is 1. The Morgan fingerprint density at radius 1 is 1.17 bits per heavy atom. The molecule has 2 heterocycles. The molecule has 1 amide bonds. The summed E-state index contributed by atoms with van der Waals surface area (Å²) < 4.78 is 5.07. The van der Waals surface area contributed by atoms with Crippen molar-refractivity contribution in [3.8, 4) is 0 Å². The van der Waals surface area contributed by atoms with Crippen molar-refractivity contribution in [2.24, 2.45) is 4.99 Å². The van der Waals surface area contributed by atoms with Crippen LogP contribution in [0.15, 0.2) is 52.4 Å². The highest BCUT2D eigenvalue weighted by Gasteiger charge is 2.33. The number of anilines is 1. The second-order valence-electron chi connectivity index (χ2n) is 8.37. The number of amidine groups is 1. The van der Waals surface area contributed by atoms with Crippen molar-refractivity contribution in [2.45, 2.75) is 33.1 Å². The molecule has 2 aliphatic rings. The van der Waals surface area contributed by atoms with Gasteiger partial charge in [-0.25, -0.2) is 9.79 Å². The van der Waals surface area contributed by atoms with Crippen molar-refractivity contribution in [3.63, 3.8) is 0 Å². The molecular formula is C26H28N4O5S. The number of esters is 1. The van der Waals surface area contributed by atoms with Crippen LogP contribution in [-0.2, 0) is 9.53 Å². The highest BCUT2D eigenvalue weighted by molar-refractivity contribution is 8.18. The number of nitro benzene ring substituents is 1. The molecular weight excluding hydrogens is 480 g/mol. The number of hydrogen-bond donors (Lipinski definition) is 0. The molecule has 0 N–H and O–H groups in total. The molecule has 0 bridgehead atoms. The van der Waals surface area contributed by atoms with Gasteiger partial charge in [-0.05, 0) is 75.2 Å². The molecule has 2 saturated heterocycles. The lowest BCUT2D eigenvalue weighted by molar-refractivity contribution is -0.384. The van der Waals surface area contributed by atoms with Crippen molar-refractivity contribution in [2.75, 3.05) is 31.1 Å². The first-order valence-corrected chi connectivity index (χ1v) is 12.8. The van der Waals surface area contributed by atoms with E-state index in [1.54, 1.807) is 48.2 Å². The van der Waals surface area contributed by atoms with Crippen molar-refractivity contribution in [3.05, 3.63) is 68.6 Å². The van der Waals surface area contributed by atoms with Gasteiger partial charge in [0.2, 0.25) is 0 Å². The van der Waals surface area contributed by atoms with Gasteiger partial charge < -0.3 is 9.64 Å². The lowest BCUT2D eigenvalue weighted by Crippen LogP contribution is -2.30. The van der Waals surface area contributed by atoms with Crippen LogP contribution in [0.5, 0.6) is 0 Å². The maximum Gasteiger partial charge on any atom is 0.338 e. The maximum absolute atomic E-state index is 13.2. The average Bonchev–Trinajstić information content (AvgIpc) is 3.18. The molecule has 0 unspecified atom stereocenters. The summed E-state index contributed by atoms with van der Waals surface area (Å²) in [5.41, 5.74) is 2.42. The number of nitro groups is 1. The second kappa shape index (κ2) is 11.4. The Labute approximate surface area is 214 Å². The van der Waals surface area contributed by atoms with Crippen molar-refractivity contribution >= 4 is 51.9 Å². The van der Waals surface area contributed by atoms with E-state index in [1.165, 1.54) is 23.9 Å². The van der Waals surface area contributed by atoms with E-state index in [0.29, 0.717) is 33.4 Å². The third kappa shape index (κ3) is 5.59. The Hall–Kier alpha value is -3.66. The van der Waals surface area contributed by atoms with Crippen LogP contribution >= 0.6 is 11.8 Å². The quantitative estimate of drug-likeness (QED) is 0.214. The molecule has 2 aliphatic heterocycles. The number of carbonyl (C=O) groups excluding carboxylic acids is 2. The van der Waals surface area contributed by atoms with E-state index in [0.717, 1.165) is 38.0 Å². The molecule has 9 nitrogen and oxygen atoms in total. The molecule has 36 heavy (non-hydrogen) atoms. The summed E-state index contributed by atoms with van der Waals surface area (Å²) in [4.78, 5) is 45.2. The first kappa shape index (κ1) is 25.4. The number of ether oxygens (including phenoxy) is 1. The Morgan fingerprint density at radius 2 is 1.94 bits per heavy atom. The summed E-state index contributed by atoms with van der Waals surface area (Å²) in [6, 6.07) is 11.6. The molecule has 0 saturated carbocycles. The topological polar surface area (TPSA) is 105 Å². The summed E-state index contributed by atoms with van der Waals surface area (Å²) >= 11 is 1.22. The molecule has 188 valence electrons. The molecule has 0 aromatic heterocycles. The second-order valence-corrected chi connectivity index (χ2v) is 9.38. The van der Waals surface area contributed by atoms with Crippen LogP contribution < -0.4 is 4.90 Å². The van der Waals surface area contributed by atoms with Gasteiger partial charge in [0.05, 0.1) is 27.7 Å². The zero-order valence-electron chi connectivity index (χ0n) is 20.3. The van der Waals surface area contributed by atoms with E-state index in [4.69, 9.17) is 4.74 Å². The number of non-ortho nitro benzene ring substituents is 1. The molecule has 0 radical (unpaired) electrons. The van der Waals surface area contributed by atoms with Gasteiger partial charge in [0, 0.05) is 43.0 Å². The number of aliphatic imine (C=N–C) groups is 1. The van der Waals surface area contributed by atoms with Gasteiger partial charge in [0.25, 0.3) is 11.6 Å². The molecule has 4 rings (SSSR count). The van der Waals surface area contributed by atoms with E-state index in [1.807, 2.05) is 6.92 Å². The number of rotatable bonds is 7. The fourth-order valence-corrected chi connectivity index (χ4v) is 5.29. The summed E-state index contributed by atoms with van der Waals surface area (Å²) in [5, 5.41) is 11.9. The zero-order chi connectivity index (χ0) is 25.7. The maximum atomic E-state index is 13.2. The first-order chi connectivity index (χ1) is 17.4. The molecule has 2 aromatic carbocycles. The fourth-order valence-electron chi connectivity index (χ4n) is 4.23. The van der Waals surface area contributed by atoms with Crippen molar-refractivity contribution in [1.82, 2.24) is 4.90 Å². The van der Waals surface area contributed by atoms with Crippen LogP contribution in [0, 0.1) is 10.1 Å². The number of carbonyl (C=O) groups is 2. The molecule has 2 fully saturated rings. The van der Waals surface area contributed by atoms with Gasteiger partial charge in [-0.1, -0.05) is 6.07 Å². The summed E-state index contributed by atoms with van der Waals surface area (Å²) in [6.45, 7) is 6.04. The average molecular weight is 509 g/mol. The van der Waals surface area contributed by atoms with Gasteiger partial charge in [0.15, 0.2) is 5.17 Å². The van der Waals surface area contributed by atoms with E-state index in [-0.39, 0.29) is 18.2 Å². The predicted octanol–water partition coefficient (Wildman–Crippen LogP) is 5.39. The van der Waals surface area contributed by atoms with Gasteiger partial charge in [-0.15, -0.1) is 0 Å². The molecule has 0 spiro atoms. The van der Waals surface area contributed by atoms with Crippen molar-refractivity contribution in [1.29, 1.82) is 0 Å². The van der Waals surface area contributed by atoms with Crippen LogP contribution in [0.1, 0.15) is 49.0 Å². The van der Waals surface area contributed by atoms with E-state index < -0.39 is 10.9 Å². The van der Waals surface area contributed by atoms with Crippen molar-refractivity contribution < 1.29 is 19.2 Å². The number of nitrogens with zero attached hydrogens (tertiary/aromatic N) is 4. The minimum absolute atomic E-state index is 0.0185. The van der Waals surface area contributed by atoms with E-state index in [9.17, 15) is 19.7 Å². The number of hydrogen-bond acceptors (Lipinski definition) is 8. The van der Waals surface area contributed by atoms with Crippen LogP contribution in [0.3, 0.4) is 0 Å². The minimum Gasteiger partial charge on any atom is -0.462 e. The molecule has 0 aliphatic carbocycles. The van der Waals surface area contributed by atoms with Crippen LogP contribution in [-0.4, -0.2) is 53.1 Å². The molecule has 10 heteroatoms. The normalized spacial score (nSPS) is 18.2. The van der Waals surface area contributed by atoms with E-state index >= 15 is 0 Å².